The number of carbonyl (C=O) groups excluding carboxylic acids is 1. The second-order valence-electron chi connectivity index (χ2n) is 3.56. The molecule has 0 radical (unpaired) electrons. The van der Waals surface area contributed by atoms with Crippen LogP contribution in [0.5, 0.6) is 0 Å². The van der Waals surface area contributed by atoms with Crippen LogP contribution in [-0.4, -0.2) is 19.2 Å². The van der Waals surface area contributed by atoms with E-state index in [1.165, 1.54) is 0 Å². The predicted molar refractivity (Wildman–Crippen MR) is 63.9 cm³/mol. The van der Waals surface area contributed by atoms with Gasteiger partial charge in [-0.25, -0.2) is 4.79 Å². The van der Waals surface area contributed by atoms with Crippen LogP contribution in [0.4, 0.5) is 0 Å². The highest BCUT2D eigenvalue weighted by molar-refractivity contribution is 5.89. The largest absolute Gasteiger partial charge is 0.502 e. The quantitative estimate of drug-likeness (QED) is 0.282. The Morgan fingerprint density at radius 1 is 1.41 bits per heavy atom. The molecule has 0 N–H and O–H groups in total. The highest BCUT2D eigenvalue weighted by atomic mass is 17.2. The Hall–Kier alpha value is -1.55. The molecule has 1 aliphatic carbocycles. The summed E-state index contributed by atoms with van der Waals surface area (Å²) in [4.78, 5) is 20.8. The first-order valence-corrected chi connectivity index (χ1v) is 5.77. The van der Waals surface area contributed by atoms with Gasteiger partial charge in [0.1, 0.15) is 0 Å². The number of hydrogen-bond donors (Lipinski definition) is 0. The van der Waals surface area contributed by atoms with Gasteiger partial charge in [0.2, 0.25) is 0 Å². The molecule has 0 aromatic rings. The minimum Gasteiger partial charge on any atom is -0.502 e. The van der Waals surface area contributed by atoms with Gasteiger partial charge in [0.25, 0.3) is 0 Å². The summed E-state index contributed by atoms with van der Waals surface area (Å²) >= 11 is 0. The molecule has 0 heterocycles. The average Bonchev–Trinajstić information content (AvgIpc) is 2.86. The fourth-order valence-corrected chi connectivity index (χ4v) is 1.26. The lowest BCUT2D eigenvalue weighted by Gasteiger charge is -2.04. The zero-order valence-corrected chi connectivity index (χ0v) is 10.1. The Morgan fingerprint density at radius 2 is 2.24 bits per heavy atom. The SMILES string of the molecule is CC=COCCCCOOC(=O)C1=CC=CC1. The van der Waals surface area contributed by atoms with E-state index in [0.717, 1.165) is 12.8 Å². The molecule has 1 aliphatic rings. The maximum Gasteiger partial charge on any atom is 0.369 e. The molecule has 0 aromatic carbocycles. The summed E-state index contributed by atoms with van der Waals surface area (Å²) in [6, 6.07) is 0. The van der Waals surface area contributed by atoms with E-state index in [1.54, 1.807) is 12.3 Å². The lowest BCUT2D eigenvalue weighted by Crippen LogP contribution is -2.08. The minimum atomic E-state index is -0.403. The lowest BCUT2D eigenvalue weighted by atomic mass is 10.2. The first-order chi connectivity index (χ1) is 8.34. The summed E-state index contributed by atoms with van der Waals surface area (Å²) in [5.74, 6) is -0.403. The van der Waals surface area contributed by atoms with Crippen molar-refractivity contribution in [1.82, 2.24) is 0 Å². The Balaban J connectivity index is 1.92. The molecular weight excluding hydrogens is 220 g/mol. The molecule has 0 spiro atoms. The zero-order valence-electron chi connectivity index (χ0n) is 10.1. The summed E-state index contributed by atoms with van der Waals surface area (Å²) < 4.78 is 5.13. The summed E-state index contributed by atoms with van der Waals surface area (Å²) in [7, 11) is 0. The summed E-state index contributed by atoms with van der Waals surface area (Å²) in [6.07, 6.45) is 11.2. The van der Waals surface area contributed by atoms with E-state index in [2.05, 4.69) is 4.89 Å². The van der Waals surface area contributed by atoms with Gasteiger partial charge in [-0.3, -0.25) is 4.89 Å². The molecule has 0 atom stereocenters. The fourth-order valence-electron chi connectivity index (χ4n) is 1.26. The highest BCUT2D eigenvalue weighted by Crippen LogP contribution is 2.11. The molecule has 0 aliphatic heterocycles. The molecule has 4 heteroatoms. The number of rotatable bonds is 8. The Labute approximate surface area is 101 Å². The van der Waals surface area contributed by atoms with Gasteiger partial charge in [-0.2, -0.15) is 4.89 Å². The van der Waals surface area contributed by atoms with Crippen LogP contribution >= 0.6 is 0 Å². The summed E-state index contributed by atoms with van der Waals surface area (Å²) in [5, 5.41) is 0. The summed E-state index contributed by atoms with van der Waals surface area (Å²) in [5.41, 5.74) is 0.626. The molecule has 0 bridgehead atoms. The van der Waals surface area contributed by atoms with Gasteiger partial charge >= 0.3 is 5.97 Å². The maximum atomic E-state index is 11.3. The van der Waals surface area contributed by atoms with Crippen molar-refractivity contribution in [2.24, 2.45) is 0 Å². The van der Waals surface area contributed by atoms with Crippen LogP contribution in [0.2, 0.25) is 0 Å². The third kappa shape index (κ3) is 5.92. The van der Waals surface area contributed by atoms with E-state index in [1.807, 2.05) is 25.2 Å². The van der Waals surface area contributed by atoms with E-state index in [4.69, 9.17) is 9.62 Å². The molecule has 0 aromatic heterocycles. The molecule has 0 fully saturated rings. The fraction of sp³-hybridized carbons (Fsp3) is 0.462. The molecule has 1 rings (SSSR count). The predicted octanol–water partition coefficient (Wildman–Crippen LogP) is 2.68. The monoisotopic (exact) mass is 238 g/mol. The Morgan fingerprint density at radius 3 is 2.94 bits per heavy atom. The highest BCUT2D eigenvalue weighted by Gasteiger charge is 2.12. The van der Waals surface area contributed by atoms with Crippen LogP contribution in [0.15, 0.2) is 36.1 Å². The Bertz CT molecular complexity index is 315. The van der Waals surface area contributed by atoms with Crippen molar-refractivity contribution < 1.29 is 19.3 Å². The van der Waals surface area contributed by atoms with Crippen molar-refractivity contribution in [1.29, 1.82) is 0 Å². The van der Waals surface area contributed by atoms with E-state index < -0.39 is 5.97 Å². The van der Waals surface area contributed by atoms with Crippen LogP contribution in [-0.2, 0) is 19.3 Å². The van der Waals surface area contributed by atoms with Gasteiger partial charge in [-0.05, 0) is 26.2 Å². The smallest absolute Gasteiger partial charge is 0.369 e. The van der Waals surface area contributed by atoms with Crippen molar-refractivity contribution >= 4 is 5.97 Å². The number of carbonyl (C=O) groups is 1. The molecule has 0 unspecified atom stereocenters. The van der Waals surface area contributed by atoms with Crippen LogP contribution < -0.4 is 0 Å². The third-order valence-electron chi connectivity index (χ3n) is 2.14. The number of hydrogen-bond acceptors (Lipinski definition) is 4. The number of allylic oxidation sites excluding steroid dienone is 4. The van der Waals surface area contributed by atoms with Gasteiger partial charge in [0, 0.05) is 5.57 Å². The van der Waals surface area contributed by atoms with E-state index in [-0.39, 0.29) is 0 Å². The molecule has 0 saturated carbocycles. The minimum absolute atomic E-state index is 0.394. The second-order valence-corrected chi connectivity index (χ2v) is 3.56. The second kappa shape index (κ2) is 8.58. The van der Waals surface area contributed by atoms with Crippen LogP contribution in [0.25, 0.3) is 0 Å². The maximum absolute atomic E-state index is 11.3. The van der Waals surface area contributed by atoms with Crippen molar-refractivity contribution in [3.63, 3.8) is 0 Å². The van der Waals surface area contributed by atoms with E-state index in [0.29, 0.717) is 25.2 Å². The summed E-state index contributed by atoms with van der Waals surface area (Å²) in [6.45, 7) is 2.94. The van der Waals surface area contributed by atoms with Gasteiger partial charge < -0.3 is 4.74 Å². The average molecular weight is 238 g/mol. The number of ether oxygens (including phenoxy) is 1. The normalized spacial score (nSPS) is 14.1. The van der Waals surface area contributed by atoms with Crippen LogP contribution in [0.1, 0.15) is 26.2 Å². The van der Waals surface area contributed by atoms with E-state index in [9.17, 15) is 4.79 Å². The van der Waals surface area contributed by atoms with Gasteiger partial charge in [0.15, 0.2) is 0 Å². The van der Waals surface area contributed by atoms with Crippen molar-refractivity contribution in [2.45, 2.75) is 26.2 Å². The van der Waals surface area contributed by atoms with Gasteiger partial charge in [0.05, 0.1) is 19.5 Å². The van der Waals surface area contributed by atoms with Crippen molar-refractivity contribution in [3.8, 4) is 0 Å². The number of unbranched alkanes of at least 4 members (excludes halogenated alkanes) is 1. The Kier molecular flexibility index (Phi) is 6.82. The van der Waals surface area contributed by atoms with Crippen LogP contribution in [0, 0.1) is 0 Å². The first-order valence-electron chi connectivity index (χ1n) is 5.77. The van der Waals surface area contributed by atoms with Crippen molar-refractivity contribution in [3.05, 3.63) is 36.1 Å². The molecule has 17 heavy (non-hydrogen) atoms. The lowest BCUT2D eigenvalue weighted by molar-refractivity contribution is -0.268. The van der Waals surface area contributed by atoms with Crippen LogP contribution in [0.3, 0.4) is 0 Å². The molecule has 0 amide bonds. The molecule has 4 nitrogen and oxygen atoms in total. The molecule has 0 saturated heterocycles. The zero-order chi connectivity index (χ0) is 12.3. The van der Waals surface area contributed by atoms with E-state index >= 15 is 0 Å². The molecular formula is C13H18O4. The third-order valence-corrected chi connectivity index (χ3v) is 2.14. The first kappa shape index (κ1) is 13.5. The molecule has 94 valence electrons. The standard InChI is InChI=1S/C13H18O4/c1-2-9-15-10-5-6-11-16-17-13(14)12-7-3-4-8-12/h2-4,7,9H,5-6,8,10-11H2,1H3. The van der Waals surface area contributed by atoms with Gasteiger partial charge in [-0.1, -0.05) is 24.3 Å². The van der Waals surface area contributed by atoms with Gasteiger partial charge in [-0.15, -0.1) is 0 Å². The topological polar surface area (TPSA) is 44.8 Å². The van der Waals surface area contributed by atoms with Crippen molar-refractivity contribution in [2.75, 3.05) is 13.2 Å².